The van der Waals surface area contributed by atoms with Crippen molar-refractivity contribution in [2.45, 2.75) is 25.6 Å². The van der Waals surface area contributed by atoms with E-state index in [9.17, 15) is 27.6 Å². The van der Waals surface area contributed by atoms with Crippen LogP contribution in [0.4, 0.5) is 27.6 Å². The molecule has 0 saturated carbocycles. The number of nitrogens with zero attached hydrogens (tertiary/aromatic N) is 3. The summed E-state index contributed by atoms with van der Waals surface area (Å²) in [6, 6.07) is 7.21. The number of esters is 1. The van der Waals surface area contributed by atoms with Crippen LogP contribution in [0.2, 0.25) is 0 Å². The average molecular weight is 645 g/mol. The van der Waals surface area contributed by atoms with E-state index >= 15 is 8.78 Å². The molecule has 0 spiro atoms. The summed E-state index contributed by atoms with van der Waals surface area (Å²) in [5.41, 5.74) is -2.88. The molecule has 0 unspecified atom stereocenters. The summed E-state index contributed by atoms with van der Waals surface area (Å²) in [4.78, 5) is 45.1. The number of methoxy groups -OCH3 is 1. The quantitative estimate of drug-likeness (QED) is 0.233. The van der Waals surface area contributed by atoms with Gasteiger partial charge in [0.05, 0.1) is 37.0 Å². The number of anilines is 1. The number of rotatable bonds is 7. The number of halogens is 5. The molecule has 1 atom stereocenters. The van der Waals surface area contributed by atoms with Crippen LogP contribution in [0, 0.1) is 18.6 Å². The molecule has 3 heterocycles. The number of amides is 1. The van der Waals surface area contributed by atoms with Crippen LogP contribution in [0.15, 0.2) is 53.5 Å². The van der Waals surface area contributed by atoms with Crippen molar-refractivity contribution >= 4 is 28.5 Å². The Morgan fingerprint density at radius 1 is 1.09 bits per heavy atom. The van der Waals surface area contributed by atoms with E-state index in [1.165, 1.54) is 44.4 Å². The largest absolute Gasteiger partial charge is 0.467 e. The lowest BCUT2D eigenvalue weighted by Crippen LogP contribution is -2.43. The number of carbonyl (C=O) groups excluding carboxylic acids is 2. The summed E-state index contributed by atoms with van der Waals surface area (Å²) in [7, 11) is 2.42. The Morgan fingerprint density at radius 3 is 2.39 bits per heavy atom. The zero-order chi connectivity index (χ0) is 33.3. The van der Waals surface area contributed by atoms with Crippen LogP contribution in [0.1, 0.15) is 27.2 Å². The van der Waals surface area contributed by atoms with Gasteiger partial charge < -0.3 is 24.3 Å². The number of hydrogen-bond acceptors (Lipinski definition) is 7. The Morgan fingerprint density at radius 2 is 1.76 bits per heavy atom. The Hall–Kier alpha value is -4.85. The van der Waals surface area contributed by atoms with Crippen LogP contribution in [0.25, 0.3) is 22.0 Å². The number of pyridine rings is 2. The summed E-state index contributed by atoms with van der Waals surface area (Å²) in [6.07, 6.45) is -3.79. The number of nitrogens with one attached hydrogen (secondary N) is 1. The molecule has 1 fully saturated rings. The van der Waals surface area contributed by atoms with Crippen molar-refractivity contribution in [3.05, 3.63) is 93.0 Å². The number of hydrogen-bond donors (Lipinski definition) is 1. The molecule has 2 aromatic heterocycles. The number of ether oxygens (including phenoxy) is 2. The molecule has 1 aliphatic heterocycles. The van der Waals surface area contributed by atoms with Crippen LogP contribution in [-0.4, -0.2) is 60.9 Å². The van der Waals surface area contributed by atoms with Gasteiger partial charge in [0.15, 0.2) is 0 Å². The van der Waals surface area contributed by atoms with Gasteiger partial charge in [0, 0.05) is 55.1 Å². The summed E-state index contributed by atoms with van der Waals surface area (Å²) < 4.78 is 83.8. The number of fused-ring (bicyclic) bond motifs is 1. The molecule has 5 rings (SSSR count). The van der Waals surface area contributed by atoms with Crippen LogP contribution in [-0.2, 0) is 33.9 Å². The smallest absolute Gasteiger partial charge is 0.417 e. The fraction of sp³-hybridized carbons (Fsp3) is 0.312. The Kier molecular flexibility index (Phi) is 9.10. The first kappa shape index (κ1) is 32.5. The van der Waals surface area contributed by atoms with Gasteiger partial charge in [-0.25, -0.2) is 13.6 Å². The third kappa shape index (κ3) is 6.29. The van der Waals surface area contributed by atoms with E-state index < -0.39 is 58.0 Å². The topological polar surface area (TPSA) is 103 Å². The van der Waals surface area contributed by atoms with E-state index in [4.69, 9.17) is 9.47 Å². The standard InChI is InChI=1S/C32H29F5N4O5/c1-17-13-22(32(35,36)37)26(30(43)40(17)2)21-7-6-18(20-5-4-8-38-28(20)21)14-25(31(44)45-3)39-29(42)27-23(33)15-19(16-24(27)34)41-9-11-46-12-10-41/h4-8,13,15-16,25H,9-12,14H2,1-3H3,(H,39,42)/t25-/m0/s1. The molecule has 242 valence electrons. The monoisotopic (exact) mass is 644 g/mol. The number of alkyl halides is 3. The maximum absolute atomic E-state index is 15.1. The second-order valence-corrected chi connectivity index (χ2v) is 10.7. The Bertz CT molecular complexity index is 1860. The van der Waals surface area contributed by atoms with Gasteiger partial charge in [-0.2, -0.15) is 13.2 Å². The minimum Gasteiger partial charge on any atom is -0.467 e. The molecule has 4 aromatic rings. The fourth-order valence-corrected chi connectivity index (χ4v) is 5.48. The van der Waals surface area contributed by atoms with E-state index in [2.05, 4.69) is 10.3 Å². The predicted molar refractivity (Wildman–Crippen MR) is 159 cm³/mol. The molecule has 2 aromatic carbocycles. The highest BCUT2D eigenvalue weighted by molar-refractivity contribution is 5.99. The van der Waals surface area contributed by atoms with E-state index in [-0.39, 0.29) is 34.3 Å². The van der Waals surface area contributed by atoms with Gasteiger partial charge in [0.25, 0.3) is 11.5 Å². The van der Waals surface area contributed by atoms with Gasteiger partial charge in [0.2, 0.25) is 0 Å². The second-order valence-electron chi connectivity index (χ2n) is 10.7. The molecule has 0 aliphatic carbocycles. The van der Waals surface area contributed by atoms with Crippen molar-refractivity contribution in [2.24, 2.45) is 7.05 Å². The molecule has 0 radical (unpaired) electrons. The number of carbonyl (C=O) groups is 2. The van der Waals surface area contributed by atoms with Crippen LogP contribution >= 0.6 is 0 Å². The lowest BCUT2D eigenvalue weighted by atomic mass is 9.93. The van der Waals surface area contributed by atoms with E-state index in [1.807, 2.05) is 0 Å². The SMILES string of the molecule is COC(=O)[C@H](Cc1ccc(-c2c(C(F)(F)F)cc(C)n(C)c2=O)c2ncccc12)NC(=O)c1c(F)cc(N2CCOCC2)cc1F. The summed E-state index contributed by atoms with van der Waals surface area (Å²) in [6.45, 7) is 2.96. The minimum absolute atomic E-state index is 0.0391. The van der Waals surface area contributed by atoms with Crippen molar-refractivity contribution in [3.8, 4) is 11.1 Å². The minimum atomic E-state index is -4.85. The fourth-order valence-electron chi connectivity index (χ4n) is 5.48. The van der Waals surface area contributed by atoms with Gasteiger partial charge in [-0.3, -0.25) is 14.6 Å². The molecule has 1 N–H and O–H groups in total. The van der Waals surface area contributed by atoms with Gasteiger partial charge in [0.1, 0.15) is 23.2 Å². The van der Waals surface area contributed by atoms with Gasteiger partial charge in [-0.05, 0) is 36.8 Å². The van der Waals surface area contributed by atoms with Crippen molar-refractivity contribution in [1.82, 2.24) is 14.9 Å². The zero-order valence-electron chi connectivity index (χ0n) is 25.0. The summed E-state index contributed by atoms with van der Waals surface area (Å²) in [5.74, 6) is -4.42. The van der Waals surface area contributed by atoms with Gasteiger partial charge in [-0.15, -0.1) is 0 Å². The summed E-state index contributed by atoms with van der Waals surface area (Å²) in [5, 5.41) is 2.61. The molecular formula is C32H29F5N4O5. The molecule has 14 heteroatoms. The van der Waals surface area contributed by atoms with Crippen molar-refractivity contribution in [1.29, 1.82) is 0 Å². The van der Waals surface area contributed by atoms with Gasteiger partial charge in [-0.1, -0.05) is 18.2 Å². The highest BCUT2D eigenvalue weighted by atomic mass is 19.4. The van der Waals surface area contributed by atoms with Crippen molar-refractivity contribution in [3.63, 3.8) is 0 Å². The van der Waals surface area contributed by atoms with Crippen molar-refractivity contribution in [2.75, 3.05) is 38.3 Å². The number of morpholine rings is 1. The molecule has 1 saturated heterocycles. The summed E-state index contributed by atoms with van der Waals surface area (Å²) >= 11 is 0. The molecular weight excluding hydrogens is 615 g/mol. The Balaban J connectivity index is 1.52. The van der Waals surface area contributed by atoms with Crippen LogP contribution in [0.5, 0.6) is 0 Å². The first-order chi connectivity index (χ1) is 21.8. The predicted octanol–water partition coefficient (Wildman–Crippen LogP) is 4.56. The maximum Gasteiger partial charge on any atom is 0.417 e. The molecule has 46 heavy (non-hydrogen) atoms. The second kappa shape index (κ2) is 12.9. The number of aryl methyl sites for hydroxylation is 1. The molecule has 1 aliphatic rings. The molecule has 9 nitrogen and oxygen atoms in total. The molecule has 1 amide bonds. The molecule has 0 bridgehead atoms. The van der Waals surface area contributed by atoms with E-state index in [0.717, 1.165) is 29.9 Å². The zero-order valence-corrected chi connectivity index (χ0v) is 25.0. The maximum atomic E-state index is 15.1. The van der Waals surface area contributed by atoms with Gasteiger partial charge >= 0.3 is 12.1 Å². The van der Waals surface area contributed by atoms with Crippen LogP contribution < -0.4 is 15.8 Å². The normalized spacial score (nSPS) is 14.3. The third-order valence-electron chi connectivity index (χ3n) is 7.95. The number of aromatic nitrogens is 2. The number of benzene rings is 2. The Labute approximate surface area is 259 Å². The first-order valence-electron chi connectivity index (χ1n) is 14.2. The van der Waals surface area contributed by atoms with Crippen LogP contribution in [0.3, 0.4) is 0 Å². The van der Waals surface area contributed by atoms with E-state index in [0.29, 0.717) is 31.9 Å². The lowest BCUT2D eigenvalue weighted by molar-refractivity contribution is -0.143. The highest BCUT2D eigenvalue weighted by Crippen LogP contribution is 2.38. The first-order valence-corrected chi connectivity index (χ1v) is 14.2. The third-order valence-corrected chi connectivity index (χ3v) is 7.95. The van der Waals surface area contributed by atoms with Crippen molar-refractivity contribution < 1.29 is 41.0 Å². The highest BCUT2D eigenvalue weighted by Gasteiger charge is 2.37. The average Bonchev–Trinajstić information content (AvgIpc) is 3.02. The lowest BCUT2D eigenvalue weighted by Gasteiger charge is -2.29. The van der Waals surface area contributed by atoms with E-state index in [1.54, 1.807) is 4.90 Å².